The third-order valence-corrected chi connectivity index (χ3v) is 11.5. The number of hydrogen-bond donors (Lipinski definition) is 0. The van der Waals surface area contributed by atoms with Crippen LogP contribution >= 0.6 is 34.3 Å². The van der Waals surface area contributed by atoms with E-state index >= 15 is 0 Å². The maximum atomic E-state index is 6.86. The molecule has 224 valence electrons. The van der Waals surface area contributed by atoms with E-state index in [0.29, 0.717) is 0 Å². The van der Waals surface area contributed by atoms with Crippen LogP contribution in [0.3, 0.4) is 0 Å². The molecular weight excluding hydrogens is 632 g/mol. The highest BCUT2D eigenvalue weighted by Crippen LogP contribution is 2.50. The number of benzene rings is 7. The Balaban J connectivity index is 1.28. The normalized spacial score (nSPS) is 11.5. The van der Waals surface area contributed by atoms with Crippen molar-refractivity contribution in [3.05, 3.63) is 169 Å². The van der Waals surface area contributed by atoms with Gasteiger partial charge in [0.2, 0.25) is 0 Å². The minimum atomic E-state index is 0.784. The van der Waals surface area contributed by atoms with Crippen LogP contribution in [0.5, 0.6) is 0 Å². The summed E-state index contributed by atoms with van der Waals surface area (Å²) in [5.74, 6) is 0. The summed E-state index contributed by atoms with van der Waals surface area (Å²) in [7, 11) is 0. The van der Waals surface area contributed by atoms with Crippen molar-refractivity contribution in [3.8, 4) is 0 Å². The molecule has 0 bridgehead atoms. The van der Waals surface area contributed by atoms with Crippen molar-refractivity contribution in [1.82, 2.24) is 0 Å². The second kappa shape index (κ2) is 11.6. The van der Waals surface area contributed by atoms with Gasteiger partial charge >= 0.3 is 0 Å². The number of fused-ring (bicyclic) bond motifs is 6. The molecule has 0 aliphatic carbocycles. The van der Waals surface area contributed by atoms with E-state index in [-0.39, 0.29) is 0 Å². The van der Waals surface area contributed by atoms with Gasteiger partial charge in [0.1, 0.15) is 0 Å². The van der Waals surface area contributed by atoms with Crippen LogP contribution in [-0.4, -0.2) is 0 Å². The van der Waals surface area contributed by atoms with Gasteiger partial charge in [0, 0.05) is 53.7 Å². The first-order valence-electron chi connectivity index (χ1n) is 15.5. The Labute approximate surface area is 285 Å². The Morgan fingerprint density at radius 3 is 1.66 bits per heavy atom. The van der Waals surface area contributed by atoms with Gasteiger partial charge in [-0.1, -0.05) is 96.5 Å². The molecule has 0 saturated heterocycles. The Kier molecular flexibility index (Phi) is 6.93. The van der Waals surface area contributed by atoms with Crippen LogP contribution in [0.25, 0.3) is 40.3 Å². The van der Waals surface area contributed by atoms with E-state index in [2.05, 4.69) is 168 Å². The van der Waals surface area contributed by atoms with E-state index in [0.717, 1.165) is 43.8 Å². The number of halogens is 1. The summed E-state index contributed by atoms with van der Waals surface area (Å²) < 4.78 is 4.85. The monoisotopic (exact) mass is 658 g/mol. The van der Waals surface area contributed by atoms with Crippen LogP contribution in [-0.2, 0) is 0 Å². The summed E-state index contributed by atoms with van der Waals surface area (Å²) >= 11 is 10.5. The summed E-state index contributed by atoms with van der Waals surface area (Å²) in [5.41, 5.74) is 6.77. The Hall–Kier alpha value is -5.13. The number of anilines is 6. The zero-order valence-corrected chi connectivity index (χ0v) is 27.6. The van der Waals surface area contributed by atoms with E-state index in [1.54, 1.807) is 11.3 Å². The lowest BCUT2D eigenvalue weighted by atomic mass is 10.1. The van der Waals surface area contributed by atoms with Crippen molar-refractivity contribution in [2.45, 2.75) is 0 Å². The van der Waals surface area contributed by atoms with Gasteiger partial charge in [-0.3, -0.25) is 0 Å². The largest absolute Gasteiger partial charge is 0.310 e. The lowest BCUT2D eigenvalue weighted by Crippen LogP contribution is -2.10. The molecule has 9 rings (SSSR count). The number of thiophene rings is 2. The quantitative estimate of drug-likeness (QED) is 0.175. The van der Waals surface area contributed by atoms with E-state index < -0.39 is 0 Å². The summed E-state index contributed by atoms with van der Waals surface area (Å²) in [6.07, 6.45) is 0. The first-order valence-corrected chi connectivity index (χ1v) is 17.6. The van der Waals surface area contributed by atoms with Crippen molar-refractivity contribution in [3.63, 3.8) is 0 Å². The van der Waals surface area contributed by atoms with E-state index in [4.69, 9.17) is 11.6 Å². The van der Waals surface area contributed by atoms with Gasteiger partial charge in [0.25, 0.3) is 0 Å². The van der Waals surface area contributed by atoms with E-state index in [1.165, 1.54) is 35.6 Å². The molecule has 0 fully saturated rings. The van der Waals surface area contributed by atoms with Gasteiger partial charge in [-0.25, -0.2) is 0 Å². The third kappa shape index (κ3) is 4.76. The first kappa shape index (κ1) is 28.1. The van der Waals surface area contributed by atoms with E-state index in [1.807, 2.05) is 17.4 Å². The van der Waals surface area contributed by atoms with Gasteiger partial charge in [0.15, 0.2) is 0 Å². The molecule has 0 amide bonds. The fraction of sp³-hybridized carbons (Fsp3) is 0. The molecule has 0 radical (unpaired) electrons. The highest BCUT2D eigenvalue weighted by atomic mass is 35.5. The second-order valence-electron chi connectivity index (χ2n) is 11.5. The summed E-state index contributed by atoms with van der Waals surface area (Å²) in [6, 6.07) is 58.3. The third-order valence-electron chi connectivity index (χ3n) is 8.70. The van der Waals surface area contributed by atoms with Gasteiger partial charge in [0.05, 0.1) is 25.8 Å². The average molecular weight is 659 g/mol. The molecule has 0 aliphatic rings. The fourth-order valence-electron chi connectivity index (χ4n) is 6.64. The zero-order chi connectivity index (χ0) is 31.3. The van der Waals surface area contributed by atoms with Crippen molar-refractivity contribution < 1.29 is 0 Å². The second-order valence-corrected chi connectivity index (χ2v) is 14.0. The molecule has 9 aromatic rings. The topological polar surface area (TPSA) is 6.48 Å². The molecule has 0 aliphatic heterocycles. The molecule has 0 N–H and O–H groups in total. The zero-order valence-electron chi connectivity index (χ0n) is 25.2. The summed E-state index contributed by atoms with van der Waals surface area (Å²) in [6.45, 7) is 0. The minimum Gasteiger partial charge on any atom is -0.310 e. The van der Waals surface area contributed by atoms with Crippen LogP contribution in [0.4, 0.5) is 34.1 Å². The Morgan fingerprint density at radius 2 is 0.957 bits per heavy atom. The molecular formula is C42H27ClN2S2. The number of hydrogen-bond acceptors (Lipinski definition) is 4. The molecule has 2 nitrogen and oxygen atoms in total. The summed E-state index contributed by atoms with van der Waals surface area (Å²) in [4.78, 5) is 4.74. The number of para-hydroxylation sites is 3. The Bertz CT molecular complexity index is 2500. The molecule has 0 unspecified atom stereocenters. The van der Waals surface area contributed by atoms with Crippen LogP contribution in [0, 0.1) is 0 Å². The van der Waals surface area contributed by atoms with Crippen molar-refractivity contribution >= 4 is 109 Å². The van der Waals surface area contributed by atoms with Crippen molar-refractivity contribution in [2.24, 2.45) is 0 Å². The van der Waals surface area contributed by atoms with Gasteiger partial charge in [-0.05, 0) is 78.9 Å². The smallest absolute Gasteiger partial charge is 0.0640 e. The van der Waals surface area contributed by atoms with Crippen molar-refractivity contribution in [1.29, 1.82) is 0 Å². The number of nitrogens with zero attached hydrogens (tertiary/aromatic N) is 2. The molecule has 2 aromatic heterocycles. The van der Waals surface area contributed by atoms with Crippen LogP contribution in [0.2, 0.25) is 5.02 Å². The predicted octanol–water partition coefficient (Wildman–Crippen LogP) is 14.0. The molecule has 0 spiro atoms. The highest BCUT2D eigenvalue weighted by molar-refractivity contribution is 7.27. The first-order chi connectivity index (χ1) is 23.2. The van der Waals surface area contributed by atoms with Crippen molar-refractivity contribution in [2.75, 3.05) is 9.80 Å². The molecule has 0 atom stereocenters. The van der Waals surface area contributed by atoms with Gasteiger partial charge in [-0.15, -0.1) is 22.7 Å². The van der Waals surface area contributed by atoms with Crippen LogP contribution in [0.1, 0.15) is 0 Å². The molecule has 5 heteroatoms. The van der Waals surface area contributed by atoms with Crippen LogP contribution in [0.15, 0.2) is 164 Å². The molecule has 47 heavy (non-hydrogen) atoms. The molecule has 7 aromatic carbocycles. The standard InChI is InChI=1S/C42H27ClN2S2/c43-35-24-25-36(40-33-19-10-11-22-38(33)47-42(35)40)45(30-17-8-3-9-18-30)37-21-12-20-32-34-27-31(23-26-39(34)46-41(32)37)44(28-13-4-1-5-14-28)29-15-6-2-7-16-29/h1-27H. The molecule has 0 saturated carbocycles. The maximum absolute atomic E-state index is 6.86. The minimum absolute atomic E-state index is 0.784. The fourth-order valence-corrected chi connectivity index (χ4v) is 9.23. The maximum Gasteiger partial charge on any atom is 0.0640 e. The lowest BCUT2D eigenvalue weighted by Gasteiger charge is -2.27. The highest BCUT2D eigenvalue weighted by Gasteiger charge is 2.23. The lowest BCUT2D eigenvalue weighted by molar-refractivity contribution is 1.29. The SMILES string of the molecule is Clc1ccc(N(c2ccccc2)c2cccc3c2sc2ccc(N(c4ccccc4)c4ccccc4)cc23)c2c1sc1ccccc12. The predicted molar refractivity (Wildman–Crippen MR) is 207 cm³/mol. The average Bonchev–Trinajstić information content (AvgIpc) is 3.71. The summed E-state index contributed by atoms with van der Waals surface area (Å²) in [5, 5.41) is 5.68. The molecule has 2 heterocycles. The van der Waals surface area contributed by atoms with E-state index in [9.17, 15) is 0 Å². The number of rotatable bonds is 6. The Morgan fingerprint density at radius 1 is 0.383 bits per heavy atom. The van der Waals surface area contributed by atoms with Crippen LogP contribution < -0.4 is 9.80 Å². The van der Waals surface area contributed by atoms with Gasteiger partial charge < -0.3 is 9.80 Å². The van der Waals surface area contributed by atoms with Gasteiger partial charge in [-0.2, -0.15) is 0 Å².